The molecule has 0 aliphatic rings. The first-order valence-corrected chi connectivity index (χ1v) is 1.47. The van der Waals surface area contributed by atoms with Gasteiger partial charge in [-0.25, -0.2) is 10.4 Å². The van der Waals surface area contributed by atoms with E-state index in [1.807, 2.05) is 0 Å². The summed E-state index contributed by atoms with van der Waals surface area (Å²) < 4.78 is 1.67. The van der Waals surface area contributed by atoms with E-state index < -0.39 is 0 Å². The SMILES string of the molecule is Pn1[nH][nH]1. The Balaban J connectivity index is 2.81. The lowest BCUT2D eigenvalue weighted by molar-refractivity contribution is 1.27. The summed E-state index contributed by atoms with van der Waals surface area (Å²) in [7, 11) is 2.38. The Bertz CT molecular complexity index is 61.8. The van der Waals surface area contributed by atoms with Crippen molar-refractivity contribution < 1.29 is 0 Å². The van der Waals surface area contributed by atoms with Crippen molar-refractivity contribution in [1.29, 1.82) is 0 Å². The maximum atomic E-state index is 2.64. The first-order valence-electron chi connectivity index (χ1n) is 0.955. The van der Waals surface area contributed by atoms with E-state index in [0.717, 1.165) is 0 Å². The van der Waals surface area contributed by atoms with Crippen LogP contribution in [0.5, 0.6) is 0 Å². The lowest BCUT2D eigenvalue weighted by Gasteiger charge is -1.49. The predicted molar refractivity (Wildman–Crippen MR) is 18.2 cm³/mol. The molecule has 0 aliphatic carbocycles. The van der Waals surface area contributed by atoms with Crippen LogP contribution in [0.3, 0.4) is 0 Å². The summed E-state index contributed by atoms with van der Waals surface area (Å²) in [5.41, 5.74) is 0. The second-order valence-corrected chi connectivity index (χ2v) is 1.11. The predicted octanol–water partition coefficient (Wildman–Crippen LogP) is -0.218. The van der Waals surface area contributed by atoms with Gasteiger partial charge in [0.1, 0.15) is 0 Å². The van der Waals surface area contributed by atoms with Crippen LogP contribution in [-0.4, -0.2) is 15.0 Å². The Morgan fingerprint density at radius 2 is 1.75 bits per heavy atom. The summed E-state index contributed by atoms with van der Waals surface area (Å²) in [5.74, 6) is 0. The highest BCUT2D eigenvalue weighted by atomic mass is 31.0. The van der Waals surface area contributed by atoms with Gasteiger partial charge in [-0.15, -0.1) is 0 Å². The molecular formula is H4N3P. The molecule has 0 spiro atoms. The van der Waals surface area contributed by atoms with Crippen molar-refractivity contribution in [2.24, 2.45) is 0 Å². The second kappa shape index (κ2) is 0.406. The van der Waals surface area contributed by atoms with Crippen molar-refractivity contribution in [3.8, 4) is 0 Å². The molecule has 0 aliphatic heterocycles. The van der Waals surface area contributed by atoms with Gasteiger partial charge in [0.2, 0.25) is 0 Å². The zero-order valence-corrected chi connectivity index (χ0v) is 3.18. The zero-order valence-electron chi connectivity index (χ0n) is 2.02. The molecule has 3 nitrogen and oxygen atoms in total. The molecular weight excluding hydrogens is 73.0 g/mol. The molecule has 0 aromatic carbocycles. The molecule has 0 bridgehead atoms. The Morgan fingerprint density at radius 1 is 1.50 bits per heavy atom. The van der Waals surface area contributed by atoms with Crippen molar-refractivity contribution in [1.82, 2.24) is 15.0 Å². The topological polar surface area (TPSA) is 36.5 Å². The smallest absolute Gasteiger partial charge is 0.0101 e. The third-order valence-corrected chi connectivity index (χ3v) is 0.499. The summed E-state index contributed by atoms with van der Waals surface area (Å²) in [6.07, 6.45) is 0. The molecule has 1 aromatic rings. The van der Waals surface area contributed by atoms with E-state index in [2.05, 4.69) is 19.8 Å². The molecule has 0 fully saturated rings. The third kappa shape index (κ3) is 0.157. The number of hydrogen-bond acceptors (Lipinski definition) is 0. The van der Waals surface area contributed by atoms with Gasteiger partial charge >= 0.3 is 0 Å². The van der Waals surface area contributed by atoms with Gasteiger partial charge in [0.15, 0.2) is 0 Å². The van der Waals surface area contributed by atoms with Gasteiger partial charge in [0, 0.05) is 9.39 Å². The number of nitrogens with zero attached hydrogens (tertiary/aromatic N) is 1. The van der Waals surface area contributed by atoms with Crippen LogP contribution in [-0.2, 0) is 0 Å². The van der Waals surface area contributed by atoms with Gasteiger partial charge in [-0.2, -0.15) is 4.57 Å². The summed E-state index contributed by atoms with van der Waals surface area (Å²) in [4.78, 5) is 0. The Morgan fingerprint density at radius 3 is 1.75 bits per heavy atom. The maximum Gasteiger partial charge on any atom is 0.0101 e. The fourth-order valence-electron chi connectivity index (χ4n) is 0.0289. The van der Waals surface area contributed by atoms with E-state index in [9.17, 15) is 0 Å². The van der Waals surface area contributed by atoms with Gasteiger partial charge in [0.25, 0.3) is 0 Å². The van der Waals surface area contributed by atoms with Crippen molar-refractivity contribution in [2.45, 2.75) is 0 Å². The van der Waals surface area contributed by atoms with Crippen molar-refractivity contribution in [2.75, 3.05) is 0 Å². The molecule has 0 amide bonds. The van der Waals surface area contributed by atoms with Crippen LogP contribution < -0.4 is 0 Å². The number of H-pyrrole nitrogens is 2. The van der Waals surface area contributed by atoms with E-state index in [4.69, 9.17) is 0 Å². The molecule has 0 saturated carbocycles. The highest BCUT2D eigenvalue weighted by molar-refractivity contribution is 7.14. The fraction of sp³-hybridized carbons (Fsp3) is 0. The van der Waals surface area contributed by atoms with Gasteiger partial charge in [0.05, 0.1) is 0 Å². The minimum Gasteiger partial charge on any atom is -0.207 e. The molecule has 0 saturated heterocycles. The molecule has 1 unspecified atom stereocenters. The van der Waals surface area contributed by atoms with Crippen LogP contribution in [0.25, 0.3) is 0 Å². The first kappa shape index (κ1) is 2.09. The summed E-state index contributed by atoms with van der Waals surface area (Å²) >= 11 is 0. The van der Waals surface area contributed by atoms with E-state index in [0.29, 0.717) is 0 Å². The summed E-state index contributed by atoms with van der Waals surface area (Å²) in [6, 6.07) is 0. The van der Waals surface area contributed by atoms with Gasteiger partial charge in [-0.1, -0.05) is 0 Å². The van der Waals surface area contributed by atoms with Gasteiger partial charge in [-0.3, -0.25) is 0 Å². The average molecular weight is 77.0 g/mol. The zero-order chi connectivity index (χ0) is 2.99. The fourth-order valence-corrected chi connectivity index (χ4v) is 0.0866. The second-order valence-electron chi connectivity index (χ2n) is 0.594. The molecule has 4 heteroatoms. The van der Waals surface area contributed by atoms with Crippen molar-refractivity contribution >= 4 is 9.39 Å². The molecule has 2 N–H and O–H groups in total. The molecule has 24 valence electrons. The number of rotatable bonds is 0. The molecule has 1 rings (SSSR count). The number of hydrogen-bond donors (Lipinski definition) is 2. The molecule has 1 atom stereocenters. The van der Waals surface area contributed by atoms with Gasteiger partial charge in [-0.05, 0) is 0 Å². The van der Waals surface area contributed by atoms with Gasteiger partial charge < -0.3 is 0 Å². The van der Waals surface area contributed by atoms with Crippen LogP contribution in [0.4, 0.5) is 0 Å². The molecule has 4 heavy (non-hydrogen) atoms. The minimum atomic E-state index is 1.67. The summed E-state index contributed by atoms with van der Waals surface area (Å²) in [5, 5.41) is 5.29. The first-order chi connectivity index (χ1) is 1.89. The standard InChI is InChI=1S/H4N3P/c4-3-1-2-3/h1-2H,4H2. The van der Waals surface area contributed by atoms with Crippen LogP contribution >= 0.6 is 9.39 Å². The average Bonchev–Trinajstić information content (AvgIpc) is 1.75. The summed E-state index contributed by atoms with van der Waals surface area (Å²) in [6.45, 7) is 0. The minimum absolute atomic E-state index is 1.67. The van der Waals surface area contributed by atoms with E-state index in [1.165, 1.54) is 0 Å². The largest absolute Gasteiger partial charge is 0.207 e. The van der Waals surface area contributed by atoms with Crippen molar-refractivity contribution in [3.05, 3.63) is 0 Å². The molecule has 0 radical (unpaired) electrons. The molecule has 1 aromatic heterocycles. The molecule has 1 heterocycles. The Labute approximate surface area is 25.6 Å². The Hall–Kier alpha value is -0.170. The number of aromatic nitrogens is 3. The van der Waals surface area contributed by atoms with Crippen LogP contribution in [0.2, 0.25) is 0 Å². The highest BCUT2D eigenvalue weighted by Crippen LogP contribution is 1.79. The van der Waals surface area contributed by atoms with E-state index >= 15 is 0 Å². The number of nitrogens with one attached hydrogen (secondary N) is 2. The number of aromatic amines is 2. The lowest BCUT2D eigenvalue weighted by Crippen LogP contribution is -1.44. The monoisotopic (exact) mass is 77.0 g/mol. The maximum absolute atomic E-state index is 2.64. The highest BCUT2D eigenvalue weighted by Gasteiger charge is 1.67. The van der Waals surface area contributed by atoms with Crippen LogP contribution in [0, 0.1) is 0 Å². The van der Waals surface area contributed by atoms with Crippen LogP contribution in [0.1, 0.15) is 0 Å². The van der Waals surface area contributed by atoms with E-state index in [-0.39, 0.29) is 0 Å². The van der Waals surface area contributed by atoms with Crippen molar-refractivity contribution in [3.63, 3.8) is 0 Å². The Kier molecular flexibility index (Phi) is 0.212. The third-order valence-electron chi connectivity index (χ3n) is 0.241. The quantitative estimate of drug-likeness (QED) is 0.402. The lowest BCUT2D eigenvalue weighted by atomic mass is 13.2. The van der Waals surface area contributed by atoms with Crippen LogP contribution in [0.15, 0.2) is 0 Å². The van der Waals surface area contributed by atoms with E-state index in [1.54, 1.807) is 4.57 Å². The normalized spacial score (nSPS) is 9.25.